The van der Waals surface area contributed by atoms with Gasteiger partial charge in [-0.15, -0.1) is 0 Å². The van der Waals surface area contributed by atoms with Crippen molar-refractivity contribution < 1.29 is 9.26 Å². The van der Waals surface area contributed by atoms with Crippen molar-refractivity contribution in [3.8, 4) is 17.1 Å². The number of aromatic nitrogens is 1. The first-order valence-corrected chi connectivity index (χ1v) is 6.33. The Hall–Kier alpha value is -1.81. The summed E-state index contributed by atoms with van der Waals surface area (Å²) in [5.74, 6) is 1.51. The molecule has 0 aliphatic heterocycles. The lowest BCUT2D eigenvalue weighted by molar-refractivity contribution is 0.388. The lowest BCUT2D eigenvalue weighted by Crippen LogP contribution is -2.35. The van der Waals surface area contributed by atoms with Crippen molar-refractivity contribution in [1.29, 1.82) is 0 Å². The maximum Gasteiger partial charge on any atom is 0.170 e. The molecule has 19 heavy (non-hydrogen) atoms. The number of hydrogen-bond acceptors (Lipinski definition) is 4. The third-order valence-corrected chi connectivity index (χ3v) is 2.73. The van der Waals surface area contributed by atoms with Gasteiger partial charge in [0.1, 0.15) is 5.75 Å². The van der Waals surface area contributed by atoms with Crippen molar-refractivity contribution >= 4 is 0 Å². The molecule has 0 aliphatic carbocycles. The molecule has 2 aromatic rings. The Morgan fingerprint density at radius 1 is 1.26 bits per heavy atom. The van der Waals surface area contributed by atoms with Gasteiger partial charge in [0, 0.05) is 18.2 Å². The molecule has 4 heteroatoms. The molecule has 1 N–H and O–H groups in total. The highest BCUT2D eigenvalue weighted by Gasteiger charge is 2.13. The first-order valence-electron chi connectivity index (χ1n) is 6.33. The van der Waals surface area contributed by atoms with Gasteiger partial charge in [-0.3, -0.25) is 0 Å². The second-order valence-corrected chi connectivity index (χ2v) is 5.49. The highest BCUT2D eigenvalue weighted by Crippen LogP contribution is 2.29. The molecule has 1 aromatic carbocycles. The van der Waals surface area contributed by atoms with E-state index in [-0.39, 0.29) is 5.54 Å². The van der Waals surface area contributed by atoms with Crippen molar-refractivity contribution in [2.24, 2.45) is 0 Å². The van der Waals surface area contributed by atoms with Gasteiger partial charge in [-0.1, -0.05) is 17.3 Å². The Labute approximate surface area is 113 Å². The lowest BCUT2D eigenvalue weighted by atomic mass is 10.1. The molecule has 1 aromatic heterocycles. The number of para-hydroxylation sites is 1. The van der Waals surface area contributed by atoms with E-state index in [0.717, 1.165) is 22.8 Å². The number of nitrogens with one attached hydrogen (secondary N) is 1. The predicted molar refractivity (Wildman–Crippen MR) is 75.1 cm³/mol. The van der Waals surface area contributed by atoms with E-state index >= 15 is 0 Å². The molecule has 1 heterocycles. The molecule has 0 spiro atoms. The first-order chi connectivity index (χ1) is 8.99. The summed E-state index contributed by atoms with van der Waals surface area (Å²) in [6.45, 7) is 7.04. The van der Waals surface area contributed by atoms with Crippen molar-refractivity contribution in [1.82, 2.24) is 10.5 Å². The topological polar surface area (TPSA) is 47.3 Å². The minimum absolute atomic E-state index is 0.0591. The average molecular weight is 260 g/mol. The monoisotopic (exact) mass is 260 g/mol. The van der Waals surface area contributed by atoms with Gasteiger partial charge < -0.3 is 14.6 Å². The van der Waals surface area contributed by atoms with Crippen LogP contribution in [0.4, 0.5) is 0 Å². The molecular formula is C15H20N2O2. The van der Waals surface area contributed by atoms with Crippen LogP contribution in [0.15, 0.2) is 34.9 Å². The third kappa shape index (κ3) is 3.58. The van der Waals surface area contributed by atoms with Crippen LogP contribution in [-0.4, -0.2) is 17.8 Å². The molecule has 0 bridgehead atoms. The molecule has 0 amide bonds. The van der Waals surface area contributed by atoms with E-state index in [2.05, 4.69) is 31.2 Å². The SMILES string of the molecule is COc1ccccc1-c1cc(CNC(C)(C)C)no1. The Bertz CT molecular complexity index is 541. The predicted octanol–water partition coefficient (Wildman–Crippen LogP) is 3.24. The quantitative estimate of drug-likeness (QED) is 0.916. The first kappa shape index (κ1) is 13.6. The zero-order chi connectivity index (χ0) is 13.9. The van der Waals surface area contributed by atoms with E-state index in [1.165, 1.54) is 0 Å². The number of rotatable bonds is 4. The van der Waals surface area contributed by atoms with Gasteiger partial charge in [0.15, 0.2) is 5.76 Å². The molecule has 0 unspecified atom stereocenters. The summed E-state index contributed by atoms with van der Waals surface area (Å²) < 4.78 is 10.7. The highest BCUT2D eigenvalue weighted by atomic mass is 16.5. The number of hydrogen-bond donors (Lipinski definition) is 1. The van der Waals surface area contributed by atoms with Crippen molar-refractivity contribution in [2.75, 3.05) is 7.11 Å². The standard InChI is InChI=1S/C15H20N2O2/c1-15(2,3)16-10-11-9-14(19-17-11)12-7-5-6-8-13(12)18-4/h5-9,16H,10H2,1-4H3. The van der Waals surface area contributed by atoms with Gasteiger partial charge in [-0.25, -0.2) is 0 Å². The molecule has 0 fully saturated rings. The van der Waals surface area contributed by atoms with Crippen molar-refractivity contribution in [2.45, 2.75) is 32.9 Å². The van der Waals surface area contributed by atoms with E-state index in [0.29, 0.717) is 6.54 Å². The normalized spacial score (nSPS) is 11.6. The summed E-state index contributed by atoms with van der Waals surface area (Å²) in [6.07, 6.45) is 0. The van der Waals surface area contributed by atoms with Crippen LogP contribution in [0.1, 0.15) is 26.5 Å². The van der Waals surface area contributed by atoms with Crippen molar-refractivity contribution in [3.63, 3.8) is 0 Å². The molecule has 2 rings (SSSR count). The molecule has 0 radical (unpaired) electrons. The Balaban J connectivity index is 2.17. The van der Waals surface area contributed by atoms with Gasteiger partial charge in [0.25, 0.3) is 0 Å². The Kier molecular flexibility index (Phi) is 3.90. The van der Waals surface area contributed by atoms with Gasteiger partial charge in [-0.2, -0.15) is 0 Å². The van der Waals surface area contributed by atoms with Crippen molar-refractivity contribution in [3.05, 3.63) is 36.0 Å². The summed E-state index contributed by atoms with van der Waals surface area (Å²) in [5.41, 5.74) is 1.86. The second-order valence-electron chi connectivity index (χ2n) is 5.49. The van der Waals surface area contributed by atoms with Crippen LogP contribution < -0.4 is 10.1 Å². The summed E-state index contributed by atoms with van der Waals surface area (Å²) in [7, 11) is 1.65. The Morgan fingerprint density at radius 2 is 2.00 bits per heavy atom. The van der Waals surface area contributed by atoms with E-state index < -0.39 is 0 Å². The lowest BCUT2D eigenvalue weighted by Gasteiger charge is -2.19. The molecule has 0 aliphatic rings. The van der Waals surface area contributed by atoms with Crippen LogP contribution in [0.5, 0.6) is 5.75 Å². The maximum absolute atomic E-state index is 5.39. The Morgan fingerprint density at radius 3 is 2.68 bits per heavy atom. The van der Waals surface area contributed by atoms with Crippen LogP contribution in [0, 0.1) is 0 Å². The fourth-order valence-electron chi connectivity index (χ4n) is 1.73. The number of methoxy groups -OCH3 is 1. The van der Waals surface area contributed by atoms with Gasteiger partial charge in [0.05, 0.1) is 18.4 Å². The average Bonchev–Trinajstić information content (AvgIpc) is 2.84. The number of benzene rings is 1. The van der Waals surface area contributed by atoms with E-state index in [4.69, 9.17) is 9.26 Å². The van der Waals surface area contributed by atoms with E-state index in [9.17, 15) is 0 Å². The molecule has 0 saturated heterocycles. The molecular weight excluding hydrogens is 240 g/mol. The minimum atomic E-state index is 0.0591. The van der Waals surface area contributed by atoms with E-state index in [1.54, 1.807) is 7.11 Å². The summed E-state index contributed by atoms with van der Waals surface area (Å²) in [6, 6.07) is 9.69. The van der Waals surface area contributed by atoms with Gasteiger partial charge in [-0.05, 0) is 32.9 Å². The maximum atomic E-state index is 5.39. The molecule has 102 valence electrons. The molecule has 0 saturated carbocycles. The van der Waals surface area contributed by atoms with Gasteiger partial charge in [0.2, 0.25) is 0 Å². The second kappa shape index (κ2) is 5.45. The zero-order valence-corrected chi connectivity index (χ0v) is 11.9. The zero-order valence-electron chi connectivity index (χ0n) is 11.9. The van der Waals surface area contributed by atoms with Crippen LogP contribution in [0.2, 0.25) is 0 Å². The van der Waals surface area contributed by atoms with Crippen LogP contribution in [-0.2, 0) is 6.54 Å². The largest absolute Gasteiger partial charge is 0.496 e. The van der Waals surface area contributed by atoms with E-state index in [1.807, 2.05) is 30.3 Å². The third-order valence-electron chi connectivity index (χ3n) is 2.73. The van der Waals surface area contributed by atoms with Crippen LogP contribution >= 0.6 is 0 Å². The fraction of sp³-hybridized carbons (Fsp3) is 0.400. The van der Waals surface area contributed by atoms with Crippen LogP contribution in [0.3, 0.4) is 0 Å². The fourth-order valence-corrected chi connectivity index (χ4v) is 1.73. The van der Waals surface area contributed by atoms with Crippen LogP contribution in [0.25, 0.3) is 11.3 Å². The number of ether oxygens (including phenoxy) is 1. The smallest absolute Gasteiger partial charge is 0.170 e. The molecule has 0 atom stereocenters. The number of nitrogens with zero attached hydrogens (tertiary/aromatic N) is 1. The summed E-state index contributed by atoms with van der Waals surface area (Å²) >= 11 is 0. The summed E-state index contributed by atoms with van der Waals surface area (Å²) in [4.78, 5) is 0. The van der Waals surface area contributed by atoms with Gasteiger partial charge >= 0.3 is 0 Å². The minimum Gasteiger partial charge on any atom is -0.496 e. The highest BCUT2D eigenvalue weighted by molar-refractivity contribution is 5.65. The molecule has 4 nitrogen and oxygen atoms in total. The summed E-state index contributed by atoms with van der Waals surface area (Å²) in [5, 5.41) is 7.46.